The third-order valence-electron chi connectivity index (χ3n) is 5.49. The minimum absolute atomic E-state index is 0.0318. The number of nitrogens with one attached hydrogen (secondary N) is 1. The molecule has 0 radical (unpaired) electrons. The quantitative estimate of drug-likeness (QED) is 0.836. The Bertz CT molecular complexity index is 773. The van der Waals surface area contributed by atoms with Crippen molar-refractivity contribution in [3.05, 3.63) is 23.8 Å². The van der Waals surface area contributed by atoms with Gasteiger partial charge < -0.3 is 20.1 Å². The highest BCUT2D eigenvalue weighted by Gasteiger charge is 2.65. The Morgan fingerprint density at radius 3 is 2.50 bits per heavy atom. The van der Waals surface area contributed by atoms with E-state index < -0.39 is 29.3 Å². The van der Waals surface area contributed by atoms with Gasteiger partial charge in [0.2, 0.25) is 5.91 Å². The number of hydrogen-bond acceptors (Lipinski definition) is 4. The Balaban J connectivity index is 1.66. The summed E-state index contributed by atoms with van der Waals surface area (Å²) in [6.45, 7) is 6.08. The Kier molecular flexibility index (Phi) is 4.42. The number of nitrogens with zero attached hydrogens (tertiary/aromatic N) is 1. The van der Waals surface area contributed by atoms with E-state index >= 15 is 0 Å². The van der Waals surface area contributed by atoms with Gasteiger partial charge in [0.05, 0.1) is 11.8 Å². The minimum atomic E-state index is -0.943. The molecule has 7 nitrogen and oxygen atoms in total. The van der Waals surface area contributed by atoms with E-state index in [-0.39, 0.29) is 11.8 Å². The second kappa shape index (κ2) is 6.30. The predicted octanol–water partition coefficient (Wildman–Crippen LogP) is 1.90. The minimum Gasteiger partial charge on any atom is -0.481 e. The number of amides is 2. The van der Waals surface area contributed by atoms with E-state index in [1.54, 1.807) is 44.0 Å². The SMILES string of the molecule is Cc1cc(OC2CCN(C)C2=O)ccc1NC(=O)[C@@H]1[C@H](C(=O)O)C1(C)C. The Hall–Kier alpha value is -2.57. The van der Waals surface area contributed by atoms with Crippen molar-refractivity contribution in [2.45, 2.75) is 33.3 Å². The number of likely N-dealkylation sites (tertiary alicyclic amines) is 1. The first-order chi connectivity index (χ1) is 12.1. The van der Waals surface area contributed by atoms with Crippen molar-refractivity contribution in [1.29, 1.82) is 0 Å². The average Bonchev–Trinajstić information content (AvgIpc) is 3.02. The van der Waals surface area contributed by atoms with Gasteiger partial charge >= 0.3 is 5.97 Å². The highest BCUT2D eigenvalue weighted by Crippen LogP contribution is 2.58. The van der Waals surface area contributed by atoms with Crippen molar-refractivity contribution < 1.29 is 24.2 Å². The summed E-state index contributed by atoms with van der Waals surface area (Å²) in [5, 5.41) is 12.0. The number of carboxylic acid groups (broad SMARTS) is 1. The van der Waals surface area contributed by atoms with Crippen LogP contribution >= 0.6 is 0 Å². The largest absolute Gasteiger partial charge is 0.481 e. The molecule has 26 heavy (non-hydrogen) atoms. The highest BCUT2D eigenvalue weighted by molar-refractivity contribution is 6.00. The summed E-state index contributed by atoms with van der Waals surface area (Å²) in [5.41, 5.74) is 0.867. The normalized spacial score (nSPS) is 26.5. The molecule has 0 bridgehead atoms. The maximum absolute atomic E-state index is 12.4. The number of carboxylic acids is 1. The van der Waals surface area contributed by atoms with Crippen LogP contribution in [0.2, 0.25) is 0 Å². The lowest BCUT2D eigenvalue weighted by atomic mass is 10.1. The van der Waals surface area contributed by atoms with Crippen LogP contribution in [0.25, 0.3) is 0 Å². The van der Waals surface area contributed by atoms with Gasteiger partial charge in [0.25, 0.3) is 5.91 Å². The molecule has 0 spiro atoms. The third kappa shape index (κ3) is 3.13. The van der Waals surface area contributed by atoms with Crippen LogP contribution in [0.15, 0.2) is 18.2 Å². The van der Waals surface area contributed by atoms with Crippen LogP contribution in [0.1, 0.15) is 25.8 Å². The zero-order valence-electron chi connectivity index (χ0n) is 15.4. The smallest absolute Gasteiger partial charge is 0.307 e. The van der Waals surface area contributed by atoms with Gasteiger partial charge in [-0.1, -0.05) is 13.8 Å². The van der Waals surface area contributed by atoms with Crippen molar-refractivity contribution in [3.63, 3.8) is 0 Å². The van der Waals surface area contributed by atoms with Gasteiger partial charge in [0, 0.05) is 25.7 Å². The van der Waals surface area contributed by atoms with Crippen LogP contribution in [0, 0.1) is 24.2 Å². The van der Waals surface area contributed by atoms with E-state index in [9.17, 15) is 19.5 Å². The van der Waals surface area contributed by atoms with Gasteiger partial charge in [-0.15, -0.1) is 0 Å². The average molecular weight is 360 g/mol. The maximum Gasteiger partial charge on any atom is 0.307 e. The lowest BCUT2D eigenvalue weighted by molar-refractivity contribution is -0.140. The van der Waals surface area contributed by atoms with Gasteiger partial charge in [0.15, 0.2) is 6.10 Å². The molecule has 2 amide bonds. The van der Waals surface area contributed by atoms with Crippen LogP contribution in [-0.2, 0) is 14.4 Å². The molecule has 2 aliphatic rings. The van der Waals surface area contributed by atoms with Crippen LogP contribution in [0.4, 0.5) is 5.69 Å². The van der Waals surface area contributed by atoms with E-state index in [0.717, 1.165) is 5.56 Å². The number of rotatable bonds is 5. The van der Waals surface area contributed by atoms with E-state index in [2.05, 4.69) is 5.32 Å². The first-order valence-corrected chi connectivity index (χ1v) is 8.69. The fraction of sp³-hybridized carbons (Fsp3) is 0.526. The van der Waals surface area contributed by atoms with Crippen LogP contribution in [0.3, 0.4) is 0 Å². The number of likely N-dealkylation sites (N-methyl/N-ethyl adjacent to an activating group) is 1. The molecule has 3 atom stereocenters. The monoisotopic (exact) mass is 360 g/mol. The Morgan fingerprint density at radius 2 is 2.00 bits per heavy atom. The maximum atomic E-state index is 12.4. The summed E-state index contributed by atoms with van der Waals surface area (Å²) in [7, 11) is 1.75. The first-order valence-electron chi connectivity index (χ1n) is 8.69. The molecular weight excluding hydrogens is 336 g/mol. The molecule has 1 aromatic rings. The molecule has 1 saturated heterocycles. The number of ether oxygens (including phenoxy) is 1. The number of aliphatic carboxylic acids is 1. The molecule has 3 rings (SSSR count). The summed E-state index contributed by atoms with van der Waals surface area (Å²) in [6, 6.07) is 5.20. The number of carbonyl (C=O) groups excluding carboxylic acids is 2. The second-order valence-corrected chi connectivity index (χ2v) is 7.74. The summed E-state index contributed by atoms with van der Waals surface area (Å²) in [5.74, 6) is -1.88. The standard InChI is InChI=1S/C19H24N2O5/c1-10-9-11(26-13-7-8-21(4)17(13)23)5-6-12(10)20-16(22)14-15(18(24)25)19(14,2)3/h5-6,9,13-15H,7-8H2,1-4H3,(H,20,22)(H,24,25)/t13?,14-,15+/m0/s1. The number of aryl methyl sites for hydroxylation is 1. The van der Waals surface area contributed by atoms with Gasteiger partial charge in [-0.3, -0.25) is 14.4 Å². The lowest BCUT2D eigenvalue weighted by Gasteiger charge is -2.15. The molecule has 1 unspecified atom stereocenters. The second-order valence-electron chi connectivity index (χ2n) is 7.74. The molecule has 1 saturated carbocycles. The van der Waals surface area contributed by atoms with Crippen LogP contribution in [-0.4, -0.2) is 47.5 Å². The topological polar surface area (TPSA) is 95.9 Å². The van der Waals surface area contributed by atoms with Crippen LogP contribution in [0.5, 0.6) is 5.75 Å². The van der Waals surface area contributed by atoms with Gasteiger partial charge in [-0.05, 0) is 36.1 Å². The van der Waals surface area contributed by atoms with Gasteiger partial charge in [0.1, 0.15) is 5.75 Å². The van der Waals surface area contributed by atoms with Crippen molar-refractivity contribution >= 4 is 23.5 Å². The number of carbonyl (C=O) groups is 3. The molecule has 140 valence electrons. The Morgan fingerprint density at radius 1 is 1.31 bits per heavy atom. The van der Waals surface area contributed by atoms with E-state index in [1.807, 2.05) is 6.92 Å². The van der Waals surface area contributed by atoms with Crippen molar-refractivity contribution in [1.82, 2.24) is 4.90 Å². The fourth-order valence-corrected chi connectivity index (χ4v) is 3.71. The molecule has 1 aliphatic heterocycles. The van der Waals surface area contributed by atoms with E-state index in [1.165, 1.54) is 0 Å². The lowest BCUT2D eigenvalue weighted by Crippen LogP contribution is -2.29. The highest BCUT2D eigenvalue weighted by atomic mass is 16.5. The molecule has 7 heteroatoms. The van der Waals surface area contributed by atoms with Crippen molar-refractivity contribution in [3.8, 4) is 5.75 Å². The number of anilines is 1. The van der Waals surface area contributed by atoms with Crippen LogP contribution < -0.4 is 10.1 Å². The van der Waals surface area contributed by atoms with E-state index in [0.29, 0.717) is 24.4 Å². The summed E-state index contributed by atoms with van der Waals surface area (Å²) < 4.78 is 5.76. The summed E-state index contributed by atoms with van der Waals surface area (Å²) in [4.78, 5) is 37.3. The number of benzene rings is 1. The predicted molar refractivity (Wildman–Crippen MR) is 94.9 cm³/mol. The van der Waals surface area contributed by atoms with Crippen molar-refractivity contribution in [2.75, 3.05) is 18.9 Å². The third-order valence-corrected chi connectivity index (χ3v) is 5.49. The zero-order valence-corrected chi connectivity index (χ0v) is 15.4. The summed E-state index contributed by atoms with van der Waals surface area (Å²) >= 11 is 0. The number of hydrogen-bond donors (Lipinski definition) is 2. The molecule has 1 aliphatic carbocycles. The molecule has 1 aromatic carbocycles. The van der Waals surface area contributed by atoms with Gasteiger partial charge in [-0.2, -0.15) is 0 Å². The molecule has 2 fully saturated rings. The van der Waals surface area contributed by atoms with Crippen molar-refractivity contribution in [2.24, 2.45) is 17.3 Å². The van der Waals surface area contributed by atoms with E-state index in [4.69, 9.17) is 4.74 Å². The zero-order chi connectivity index (χ0) is 19.2. The first kappa shape index (κ1) is 18.2. The fourth-order valence-electron chi connectivity index (χ4n) is 3.71. The molecular formula is C19H24N2O5. The Labute approximate surface area is 152 Å². The molecule has 0 aromatic heterocycles. The molecule has 2 N–H and O–H groups in total. The molecule has 1 heterocycles. The van der Waals surface area contributed by atoms with Gasteiger partial charge in [-0.25, -0.2) is 0 Å². The summed E-state index contributed by atoms with van der Waals surface area (Å²) in [6.07, 6.45) is 0.184.